The molecule has 2 aromatic rings. The van der Waals surface area contributed by atoms with Gasteiger partial charge in [-0.1, -0.05) is 38.1 Å². The number of carbonyl (C=O) groups excluding carboxylic acids is 2. The summed E-state index contributed by atoms with van der Waals surface area (Å²) < 4.78 is 4.87. The van der Waals surface area contributed by atoms with Gasteiger partial charge in [0.05, 0.1) is 18.2 Å². The van der Waals surface area contributed by atoms with Gasteiger partial charge in [0.25, 0.3) is 0 Å². The number of amides is 2. The van der Waals surface area contributed by atoms with Gasteiger partial charge < -0.3 is 15.2 Å². The second kappa shape index (κ2) is 10.0. The lowest BCUT2D eigenvalue weighted by molar-refractivity contribution is -0.386. The van der Waals surface area contributed by atoms with Crippen LogP contribution in [0.25, 0.3) is 0 Å². The first-order valence-corrected chi connectivity index (χ1v) is 8.98. The number of benzene rings is 2. The number of nitrogens with zero attached hydrogens (tertiary/aromatic N) is 2. The maximum absolute atomic E-state index is 11.9. The summed E-state index contributed by atoms with van der Waals surface area (Å²) in [5.41, 5.74) is 3.65. The quantitative estimate of drug-likeness (QED) is 0.274. The number of nitro groups is 1. The number of methoxy groups -OCH3 is 1. The summed E-state index contributed by atoms with van der Waals surface area (Å²) in [6.07, 6.45) is 1.09. The van der Waals surface area contributed by atoms with Crippen LogP contribution in [0.5, 0.6) is 11.5 Å². The number of nitro benzene ring substituents is 1. The Morgan fingerprint density at radius 3 is 2.47 bits per heavy atom. The number of hydrogen-bond donors (Lipinski definition) is 3. The predicted octanol–water partition coefficient (Wildman–Crippen LogP) is 2.20. The Morgan fingerprint density at radius 1 is 1.23 bits per heavy atom. The molecule has 0 fully saturated rings. The van der Waals surface area contributed by atoms with Gasteiger partial charge in [-0.05, 0) is 23.1 Å². The van der Waals surface area contributed by atoms with Gasteiger partial charge in [-0.2, -0.15) is 5.10 Å². The summed E-state index contributed by atoms with van der Waals surface area (Å²) in [4.78, 5) is 33.9. The molecular formula is C20H22N4O6. The highest BCUT2D eigenvalue weighted by Crippen LogP contribution is 2.36. The minimum atomic E-state index is -0.995. The standard InChI is InChI=1S/C20H22N4O6/c1-12(2)15-6-4-13(5-7-15)10-21-19(26)20(27)23-22-11-14-8-16(24(28)29)18(25)17(9-14)30-3/h4-9,11-12,25H,10H2,1-3H3,(H,21,26)(H,23,27)/b22-11-. The molecule has 0 aliphatic carbocycles. The van der Waals surface area contributed by atoms with Gasteiger partial charge in [-0.25, -0.2) is 5.43 Å². The van der Waals surface area contributed by atoms with E-state index in [0.29, 0.717) is 5.92 Å². The van der Waals surface area contributed by atoms with Crippen molar-refractivity contribution in [2.45, 2.75) is 26.3 Å². The smallest absolute Gasteiger partial charge is 0.329 e. The van der Waals surface area contributed by atoms with E-state index in [-0.39, 0.29) is 17.9 Å². The van der Waals surface area contributed by atoms with E-state index < -0.39 is 28.2 Å². The highest BCUT2D eigenvalue weighted by atomic mass is 16.6. The molecule has 0 radical (unpaired) electrons. The third-order valence-corrected chi connectivity index (χ3v) is 4.18. The average molecular weight is 414 g/mol. The van der Waals surface area contributed by atoms with Crippen molar-refractivity contribution < 1.29 is 24.4 Å². The molecule has 2 aromatic carbocycles. The number of carbonyl (C=O) groups is 2. The molecule has 0 aliphatic rings. The molecular weight excluding hydrogens is 392 g/mol. The maximum Gasteiger partial charge on any atom is 0.329 e. The van der Waals surface area contributed by atoms with E-state index in [1.165, 1.54) is 18.7 Å². The van der Waals surface area contributed by atoms with Crippen molar-refractivity contribution in [1.82, 2.24) is 10.7 Å². The van der Waals surface area contributed by atoms with Crippen LogP contribution in [0.3, 0.4) is 0 Å². The predicted molar refractivity (Wildman–Crippen MR) is 109 cm³/mol. The largest absolute Gasteiger partial charge is 0.500 e. The number of phenols is 1. The number of hydrazone groups is 1. The normalized spacial score (nSPS) is 10.8. The fourth-order valence-corrected chi connectivity index (χ4v) is 2.48. The zero-order valence-electron chi connectivity index (χ0n) is 16.7. The number of phenolic OH excluding ortho intramolecular Hbond substituents is 1. The third kappa shape index (κ3) is 5.77. The average Bonchev–Trinajstić information content (AvgIpc) is 2.72. The number of ether oxygens (including phenoxy) is 1. The molecule has 158 valence electrons. The Balaban J connectivity index is 1.94. The zero-order chi connectivity index (χ0) is 22.3. The fourth-order valence-electron chi connectivity index (χ4n) is 2.48. The van der Waals surface area contributed by atoms with Crippen molar-refractivity contribution in [3.05, 3.63) is 63.2 Å². The summed E-state index contributed by atoms with van der Waals surface area (Å²) >= 11 is 0. The topological polar surface area (TPSA) is 143 Å². The van der Waals surface area contributed by atoms with E-state index in [2.05, 4.69) is 24.3 Å². The molecule has 0 saturated carbocycles. The van der Waals surface area contributed by atoms with Crippen LogP contribution in [0.15, 0.2) is 41.5 Å². The molecule has 30 heavy (non-hydrogen) atoms. The Bertz CT molecular complexity index is 970. The van der Waals surface area contributed by atoms with E-state index in [1.807, 2.05) is 29.7 Å². The van der Waals surface area contributed by atoms with Gasteiger partial charge in [0, 0.05) is 18.2 Å². The highest BCUT2D eigenvalue weighted by molar-refractivity contribution is 6.35. The Labute approximate surface area is 172 Å². The van der Waals surface area contributed by atoms with Crippen molar-refractivity contribution in [2.24, 2.45) is 5.10 Å². The van der Waals surface area contributed by atoms with Crippen LogP contribution in [0, 0.1) is 10.1 Å². The summed E-state index contributed by atoms with van der Waals surface area (Å²) in [5.74, 6) is -2.23. The van der Waals surface area contributed by atoms with Gasteiger partial charge in [0.2, 0.25) is 5.75 Å². The Morgan fingerprint density at radius 2 is 1.90 bits per heavy atom. The second-order valence-electron chi connectivity index (χ2n) is 6.63. The molecule has 2 rings (SSSR count). The molecule has 0 bridgehead atoms. The molecule has 0 heterocycles. The Hall–Kier alpha value is -3.95. The summed E-state index contributed by atoms with van der Waals surface area (Å²) in [5, 5.41) is 26.8. The zero-order valence-corrected chi connectivity index (χ0v) is 16.7. The molecule has 3 N–H and O–H groups in total. The van der Waals surface area contributed by atoms with Crippen LogP contribution < -0.4 is 15.5 Å². The van der Waals surface area contributed by atoms with Gasteiger partial charge in [0.15, 0.2) is 5.75 Å². The van der Waals surface area contributed by atoms with Crippen LogP contribution in [-0.2, 0) is 16.1 Å². The third-order valence-electron chi connectivity index (χ3n) is 4.18. The van der Waals surface area contributed by atoms with Crippen molar-refractivity contribution in [1.29, 1.82) is 0 Å². The molecule has 10 nitrogen and oxygen atoms in total. The first kappa shape index (κ1) is 22.3. The summed E-state index contributed by atoms with van der Waals surface area (Å²) in [6, 6.07) is 10.0. The van der Waals surface area contributed by atoms with Gasteiger partial charge in [-0.3, -0.25) is 19.7 Å². The number of rotatable bonds is 7. The highest BCUT2D eigenvalue weighted by Gasteiger charge is 2.19. The van der Waals surface area contributed by atoms with Gasteiger partial charge in [0.1, 0.15) is 0 Å². The van der Waals surface area contributed by atoms with Gasteiger partial charge >= 0.3 is 17.5 Å². The maximum atomic E-state index is 11.9. The van der Waals surface area contributed by atoms with E-state index >= 15 is 0 Å². The van der Waals surface area contributed by atoms with Crippen LogP contribution in [0.4, 0.5) is 5.69 Å². The number of nitrogens with one attached hydrogen (secondary N) is 2. The molecule has 0 unspecified atom stereocenters. The second-order valence-corrected chi connectivity index (χ2v) is 6.63. The first-order valence-electron chi connectivity index (χ1n) is 8.98. The molecule has 0 aliphatic heterocycles. The molecule has 0 saturated heterocycles. The molecule has 10 heteroatoms. The lowest BCUT2D eigenvalue weighted by Crippen LogP contribution is -2.37. The fraction of sp³-hybridized carbons (Fsp3) is 0.250. The van der Waals surface area contributed by atoms with Crippen molar-refractivity contribution in [3.63, 3.8) is 0 Å². The minimum absolute atomic E-state index is 0.127. The van der Waals surface area contributed by atoms with E-state index in [1.54, 1.807) is 0 Å². The van der Waals surface area contributed by atoms with E-state index in [0.717, 1.165) is 17.8 Å². The molecule has 0 atom stereocenters. The lowest BCUT2D eigenvalue weighted by Gasteiger charge is -2.08. The Kier molecular flexibility index (Phi) is 7.45. The SMILES string of the molecule is COc1cc(/C=N\NC(=O)C(=O)NCc2ccc(C(C)C)cc2)cc([N+](=O)[O-])c1O. The van der Waals surface area contributed by atoms with Gasteiger partial charge in [-0.15, -0.1) is 0 Å². The van der Waals surface area contributed by atoms with Crippen molar-refractivity contribution >= 4 is 23.7 Å². The van der Waals surface area contributed by atoms with Crippen LogP contribution in [0.2, 0.25) is 0 Å². The minimum Gasteiger partial charge on any atom is -0.500 e. The summed E-state index contributed by atoms with van der Waals surface area (Å²) in [6.45, 7) is 4.33. The summed E-state index contributed by atoms with van der Waals surface area (Å²) in [7, 11) is 1.24. The van der Waals surface area contributed by atoms with Crippen molar-refractivity contribution in [2.75, 3.05) is 7.11 Å². The number of hydrogen-bond acceptors (Lipinski definition) is 7. The number of aromatic hydroxyl groups is 1. The van der Waals surface area contributed by atoms with Crippen LogP contribution >= 0.6 is 0 Å². The van der Waals surface area contributed by atoms with Crippen LogP contribution in [-0.4, -0.2) is 35.2 Å². The molecule has 0 aromatic heterocycles. The van der Waals surface area contributed by atoms with Crippen molar-refractivity contribution in [3.8, 4) is 11.5 Å². The first-order chi connectivity index (χ1) is 14.2. The monoisotopic (exact) mass is 414 g/mol. The van der Waals surface area contributed by atoms with E-state index in [4.69, 9.17) is 4.74 Å². The molecule has 2 amide bonds. The molecule has 0 spiro atoms. The van der Waals surface area contributed by atoms with Crippen LogP contribution in [0.1, 0.15) is 36.5 Å². The van der Waals surface area contributed by atoms with E-state index in [9.17, 15) is 24.8 Å². The lowest BCUT2D eigenvalue weighted by atomic mass is 10.0.